The fourth-order valence-corrected chi connectivity index (χ4v) is 6.58. The normalized spacial score (nSPS) is 11.6. The lowest BCUT2D eigenvalue weighted by atomic mass is 10.1. The van der Waals surface area contributed by atoms with Crippen LogP contribution in [0.2, 0.25) is 5.02 Å². The smallest absolute Gasteiger partial charge is 0.338 e. The van der Waals surface area contributed by atoms with Gasteiger partial charge in [0, 0.05) is 6.20 Å². The predicted molar refractivity (Wildman–Crippen MR) is 216 cm³/mol. The number of nitrogens with zero attached hydrogens (tertiary/aromatic N) is 4. The van der Waals surface area contributed by atoms with Crippen LogP contribution in [0.5, 0.6) is 11.8 Å². The average Bonchev–Trinajstić information content (AvgIpc) is 3.79. The lowest BCUT2D eigenvalue weighted by Crippen LogP contribution is -2.39. The fourth-order valence-electron chi connectivity index (χ4n) is 6.42. The summed E-state index contributed by atoms with van der Waals surface area (Å²) >= 11 is 6.50. The van der Waals surface area contributed by atoms with E-state index < -0.39 is 35.3 Å². The van der Waals surface area contributed by atoms with Crippen LogP contribution in [0, 0.1) is 0 Å². The number of unbranched alkanes of at least 4 members (excludes halogenated alkanes) is 9. The average molecular weight is 784 g/mol. The van der Waals surface area contributed by atoms with Crippen LogP contribution in [0.25, 0.3) is 5.69 Å². The number of Topliss-reactive ketones (excluding diaryl/α,β-unsaturated/α-hetero) is 1. The molecule has 0 fully saturated rings. The molecule has 3 aromatic carbocycles. The number of imidazole rings is 1. The second kappa shape index (κ2) is 20.9. The number of anilines is 1. The van der Waals surface area contributed by atoms with E-state index in [1.807, 2.05) is 24.3 Å². The number of nitrogens with one attached hydrogen (secondary N) is 1. The first-order valence-corrected chi connectivity index (χ1v) is 19.7. The van der Waals surface area contributed by atoms with Crippen LogP contribution in [0.3, 0.4) is 0 Å². The van der Waals surface area contributed by atoms with E-state index in [9.17, 15) is 24.3 Å². The number of esters is 1. The van der Waals surface area contributed by atoms with E-state index in [1.54, 1.807) is 43.3 Å². The van der Waals surface area contributed by atoms with Crippen molar-refractivity contribution >= 4 is 34.9 Å². The fraction of sp³-hybridized carbons (Fsp3) is 0.372. The summed E-state index contributed by atoms with van der Waals surface area (Å²) in [5, 5.41) is 18.5. The van der Waals surface area contributed by atoms with Crippen LogP contribution >= 0.6 is 11.6 Å². The van der Waals surface area contributed by atoms with E-state index >= 15 is 0 Å². The molecule has 0 aliphatic heterocycles. The molecule has 296 valence electrons. The Morgan fingerprint density at radius 1 is 0.839 bits per heavy atom. The topological polar surface area (TPSA) is 147 Å². The Kier molecular flexibility index (Phi) is 15.5. The van der Waals surface area contributed by atoms with Crippen LogP contribution in [-0.2, 0) is 16.1 Å². The first-order valence-electron chi connectivity index (χ1n) is 19.4. The molecule has 0 saturated carbocycles. The Morgan fingerprint density at radius 3 is 2.14 bits per heavy atom. The lowest BCUT2D eigenvalue weighted by Gasteiger charge is -2.18. The molecule has 0 aliphatic carbocycles. The van der Waals surface area contributed by atoms with Gasteiger partial charge >= 0.3 is 11.7 Å². The number of para-hydroxylation sites is 1. The maximum absolute atomic E-state index is 14.4. The molecule has 56 heavy (non-hydrogen) atoms. The third-order valence-electron chi connectivity index (χ3n) is 9.40. The highest BCUT2D eigenvalue weighted by molar-refractivity contribution is 6.34. The van der Waals surface area contributed by atoms with Crippen LogP contribution in [-0.4, -0.2) is 54.9 Å². The number of carbonyl (C=O) groups excluding carboxylic acids is 3. The Balaban J connectivity index is 1.37. The van der Waals surface area contributed by atoms with Gasteiger partial charge in [0.05, 0.1) is 53.5 Å². The van der Waals surface area contributed by atoms with Crippen molar-refractivity contribution in [1.29, 1.82) is 0 Å². The zero-order valence-corrected chi connectivity index (χ0v) is 32.7. The zero-order valence-electron chi connectivity index (χ0n) is 32.0. The second-order valence-electron chi connectivity index (χ2n) is 13.6. The first-order chi connectivity index (χ1) is 27.2. The Bertz CT molecular complexity index is 2110. The molecule has 1 amide bonds. The lowest BCUT2D eigenvalue weighted by molar-refractivity contribution is -0.118. The van der Waals surface area contributed by atoms with Gasteiger partial charge in [-0.3, -0.25) is 14.2 Å². The first kappa shape index (κ1) is 41.5. The third kappa shape index (κ3) is 10.8. The number of halogens is 1. The molecular formula is C43H50ClN5O7. The van der Waals surface area contributed by atoms with Gasteiger partial charge in [-0.15, -0.1) is 0 Å². The highest BCUT2D eigenvalue weighted by atomic mass is 35.5. The third-order valence-corrected chi connectivity index (χ3v) is 9.73. The van der Waals surface area contributed by atoms with Crippen LogP contribution < -0.4 is 15.7 Å². The van der Waals surface area contributed by atoms with Gasteiger partial charge in [-0.25, -0.2) is 18.8 Å². The predicted octanol–water partition coefficient (Wildman–Crippen LogP) is 8.78. The molecule has 0 aliphatic rings. The Labute approximate surface area is 332 Å². The van der Waals surface area contributed by atoms with Crippen molar-refractivity contribution in [3.8, 4) is 17.4 Å². The zero-order chi connectivity index (χ0) is 39.9. The maximum atomic E-state index is 14.4. The van der Waals surface area contributed by atoms with Gasteiger partial charge in [0.1, 0.15) is 0 Å². The van der Waals surface area contributed by atoms with Crippen molar-refractivity contribution in [3.63, 3.8) is 0 Å². The number of hydrogen-bond acceptors (Lipinski definition) is 8. The van der Waals surface area contributed by atoms with Gasteiger partial charge in [0.2, 0.25) is 0 Å². The summed E-state index contributed by atoms with van der Waals surface area (Å²) in [6.07, 6.45) is 14.2. The Hall–Kier alpha value is -5.62. The minimum absolute atomic E-state index is 0.00382. The standard InChI is InChI=1S/C43H50ClN5O7/c1-3-5-6-7-8-9-10-11-12-19-26-56-42(53)32-24-25-35(44)36(27-32)46-39(51)37(38(50)33-28-45-48(30-33)34-22-17-14-18-23-34)49-40(52)41(55-4-2)47(43(49)54)29-31-20-15-13-16-21-31/h13-18,20-25,27-28,30,37,52H,3-12,19,26,29H2,1-2H3,(H,46,51). The SMILES string of the molecule is CCCCCCCCCCCCOC(=O)c1ccc(Cl)c(NC(=O)C(C(=O)c2cnn(-c3ccccc3)c2)n2c(O)c(OCC)n(Cc3ccccc3)c2=O)c1. The largest absolute Gasteiger partial charge is 0.491 e. The van der Waals surface area contributed by atoms with Crippen LogP contribution in [0.4, 0.5) is 5.69 Å². The van der Waals surface area contributed by atoms with Gasteiger partial charge in [0.25, 0.3) is 17.7 Å². The van der Waals surface area contributed by atoms with Crippen molar-refractivity contribution in [2.24, 2.45) is 0 Å². The van der Waals surface area contributed by atoms with Gasteiger partial charge < -0.3 is 19.9 Å². The summed E-state index contributed by atoms with van der Waals surface area (Å²) in [6, 6.07) is 20.4. The van der Waals surface area contributed by atoms with Gasteiger partial charge in [-0.2, -0.15) is 5.10 Å². The highest BCUT2D eigenvalue weighted by Gasteiger charge is 2.37. The number of hydrogen-bond donors (Lipinski definition) is 2. The number of ether oxygens (including phenoxy) is 2. The molecule has 0 radical (unpaired) electrons. The molecule has 0 bridgehead atoms. The molecule has 13 heteroatoms. The maximum Gasteiger partial charge on any atom is 0.338 e. The monoisotopic (exact) mass is 783 g/mol. The Morgan fingerprint density at radius 2 is 1.48 bits per heavy atom. The number of carbonyl (C=O) groups is 3. The molecule has 12 nitrogen and oxygen atoms in total. The number of aromatic nitrogens is 4. The summed E-state index contributed by atoms with van der Waals surface area (Å²) < 4.78 is 14.5. The van der Waals surface area contributed by atoms with Crippen LogP contribution in [0.1, 0.15) is 110 Å². The second-order valence-corrected chi connectivity index (χ2v) is 14.0. The summed E-state index contributed by atoms with van der Waals surface area (Å²) in [6.45, 7) is 4.21. The highest BCUT2D eigenvalue weighted by Crippen LogP contribution is 2.32. The van der Waals surface area contributed by atoms with E-state index in [0.717, 1.165) is 30.3 Å². The van der Waals surface area contributed by atoms with Crippen molar-refractivity contribution in [2.75, 3.05) is 18.5 Å². The number of rotatable bonds is 22. The molecule has 2 heterocycles. The van der Waals surface area contributed by atoms with E-state index in [0.29, 0.717) is 15.8 Å². The minimum Gasteiger partial charge on any atom is -0.491 e. The quantitative estimate of drug-likeness (QED) is 0.0307. The summed E-state index contributed by atoms with van der Waals surface area (Å²) in [7, 11) is 0. The van der Waals surface area contributed by atoms with E-state index in [2.05, 4.69) is 17.3 Å². The van der Waals surface area contributed by atoms with Crippen molar-refractivity contribution in [3.05, 3.63) is 123 Å². The molecule has 1 unspecified atom stereocenters. The van der Waals surface area contributed by atoms with Crippen LogP contribution in [0.15, 0.2) is 96.1 Å². The van der Waals surface area contributed by atoms with E-state index in [1.165, 1.54) is 73.8 Å². The molecule has 0 spiro atoms. The summed E-state index contributed by atoms with van der Waals surface area (Å²) in [4.78, 5) is 55.9. The number of amides is 1. The van der Waals surface area contributed by atoms with Crippen molar-refractivity contribution in [1.82, 2.24) is 18.9 Å². The van der Waals surface area contributed by atoms with Gasteiger partial charge in [-0.05, 0) is 49.2 Å². The molecule has 0 saturated heterocycles. The molecule has 5 rings (SSSR count). The van der Waals surface area contributed by atoms with Crippen molar-refractivity contribution in [2.45, 2.75) is 90.6 Å². The van der Waals surface area contributed by atoms with Crippen molar-refractivity contribution < 1.29 is 29.0 Å². The van der Waals surface area contributed by atoms with Gasteiger partial charge in [0.15, 0.2) is 11.8 Å². The summed E-state index contributed by atoms with van der Waals surface area (Å²) in [5.41, 5.74) is 0.635. The van der Waals surface area contributed by atoms with Gasteiger partial charge in [-0.1, -0.05) is 125 Å². The van der Waals surface area contributed by atoms with E-state index in [-0.39, 0.29) is 47.5 Å². The van der Waals surface area contributed by atoms with E-state index in [4.69, 9.17) is 21.1 Å². The number of ketones is 1. The molecule has 2 N–H and O–H groups in total. The molecule has 2 aromatic heterocycles. The molecule has 5 aromatic rings. The molecule has 1 atom stereocenters. The summed E-state index contributed by atoms with van der Waals surface area (Å²) in [5.74, 6) is -3.37. The minimum atomic E-state index is -1.95. The number of aromatic hydroxyl groups is 1. The number of benzene rings is 3. The molecular weight excluding hydrogens is 734 g/mol.